The summed E-state index contributed by atoms with van der Waals surface area (Å²) in [6, 6.07) is 10.1. The number of nitrogens with one attached hydrogen (secondary N) is 2. The van der Waals surface area contributed by atoms with E-state index in [0.29, 0.717) is 6.42 Å². The van der Waals surface area contributed by atoms with Crippen LogP contribution in [0.3, 0.4) is 0 Å². The quantitative estimate of drug-likeness (QED) is 0.423. The van der Waals surface area contributed by atoms with Crippen molar-refractivity contribution in [2.45, 2.75) is 32.2 Å². The summed E-state index contributed by atoms with van der Waals surface area (Å²) in [6.45, 7) is 3.22. The van der Waals surface area contributed by atoms with Gasteiger partial charge in [-0.25, -0.2) is 0 Å². The number of aryl methyl sites for hydroxylation is 1. The fourth-order valence-electron chi connectivity index (χ4n) is 3.28. The van der Waals surface area contributed by atoms with Crippen molar-refractivity contribution in [1.29, 1.82) is 0 Å². The highest BCUT2D eigenvalue weighted by Gasteiger charge is 2.23. The van der Waals surface area contributed by atoms with Gasteiger partial charge < -0.3 is 15.5 Å². The number of amides is 1. The van der Waals surface area contributed by atoms with Gasteiger partial charge in [-0.15, -0.1) is 0 Å². The Labute approximate surface area is 160 Å². The minimum atomic E-state index is 0.198. The summed E-state index contributed by atoms with van der Waals surface area (Å²) in [5.74, 6) is 0.971. The molecule has 0 unspecified atom stereocenters. The molecule has 0 aliphatic carbocycles. The van der Waals surface area contributed by atoms with Crippen molar-refractivity contribution in [2.24, 2.45) is 4.99 Å². The predicted molar refractivity (Wildman–Crippen MR) is 108 cm³/mol. The number of aliphatic imine (C=N–C) groups is 1. The van der Waals surface area contributed by atoms with E-state index in [1.54, 1.807) is 13.2 Å². The normalized spacial score (nSPS) is 13.5. The van der Waals surface area contributed by atoms with Crippen LogP contribution in [0.1, 0.15) is 24.8 Å². The summed E-state index contributed by atoms with van der Waals surface area (Å²) in [5.41, 5.74) is 2.34. The van der Waals surface area contributed by atoms with Crippen LogP contribution < -0.4 is 15.5 Å². The number of para-hydroxylation sites is 1. The lowest BCUT2D eigenvalue weighted by Crippen LogP contribution is -2.39. The van der Waals surface area contributed by atoms with Crippen LogP contribution in [0.4, 0.5) is 5.69 Å². The molecule has 2 N–H and O–H groups in total. The fourth-order valence-corrected chi connectivity index (χ4v) is 3.28. The maximum atomic E-state index is 12.5. The summed E-state index contributed by atoms with van der Waals surface area (Å²) in [7, 11) is 1.76. The second-order valence-electron chi connectivity index (χ2n) is 6.58. The van der Waals surface area contributed by atoms with Crippen LogP contribution in [0, 0.1) is 0 Å². The molecule has 1 aromatic carbocycles. The number of carbonyl (C=O) groups excluding carboxylic acids is 1. The Morgan fingerprint density at radius 3 is 2.78 bits per heavy atom. The van der Waals surface area contributed by atoms with Crippen molar-refractivity contribution in [3.8, 4) is 0 Å². The number of aromatic nitrogens is 2. The third kappa shape index (κ3) is 5.32. The highest BCUT2D eigenvalue weighted by Crippen LogP contribution is 2.27. The van der Waals surface area contributed by atoms with Gasteiger partial charge in [0.05, 0.1) is 0 Å². The molecule has 1 aliphatic rings. The van der Waals surface area contributed by atoms with Crippen LogP contribution in [0.5, 0.6) is 0 Å². The standard InChI is InChI=1S/C20H28N6O/c1-21-20(23-12-5-14-25-15-6-13-24-25)22-11-4-9-19(27)26-16-10-17-7-2-3-8-18(17)26/h2-3,6-8,13,15H,4-5,9-12,14,16H2,1H3,(H2,21,22,23). The van der Waals surface area contributed by atoms with Crippen molar-refractivity contribution in [1.82, 2.24) is 20.4 Å². The monoisotopic (exact) mass is 368 g/mol. The molecule has 7 nitrogen and oxygen atoms in total. The SMILES string of the molecule is CN=C(NCCCC(=O)N1CCc2ccccc21)NCCCn1cccn1. The molecule has 1 aliphatic heterocycles. The van der Waals surface area contributed by atoms with Crippen molar-refractivity contribution < 1.29 is 4.79 Å². The molecule has 0 radical (unpaired) electrons. The lowest BCUT2D eigenvalue weighted by molar-refractivity contribution is -0.118. The van der Waals surface area contributed by atoms with Gasteiger partial charge in [0.15, 0.2) is 5.96 Å². The molecule has 0 bridgehead atoms. The van der Waals surface area contributed by atoms with E-state index in [-0.39, 0.29) is 5.91 Å². The summed E-state index contributed by atoms with van der Waals surface area (Å²) in [6.07, 6.45) is 6.99. The maximum absolute atomic E-state index is 12.5. The van der Waals surface area contributed by atoms with E-state index in [1.807, 2.05) is 40.0 Å². The van der Waals surface area contributed by atoms with Gasteiger partial charge in [0.1, 0.15) is 0 Å². The number of benzene rings is 1. The van der Waals surface area contributed by atoms with Gasteiger partial charge in [-0.05, 0) is 37.0 Å². The highest BCUT2D eigenvalue weighted by molar-refractivity contribution is 5.95. The second-order valence-corrected chi connectivity index (χ2v) is 6.58. The van der Waals surface area contributed by atoms with E-state index in [0.717, 1.165) is 57.1 Å². The number of anilines is 1. The summed E-state index contributed by atoms with van der Waals surface area (Å²) in [5, 5.41) is 10.7. The Hall–Kier alpha value is -2.83. The van der Waals surface area contributed by atoms with E-state index in [4.69, 9.17) is 0 Å². The van der Waals surface area contributed by atoms with E-state index < -0.39 is 0 Å². The number of hydrogen-bond acceptors (Lipinski definition) is 3. The zero-order valence-electron chi connectivity index (χ0n) is 15.9. The van der Waals surface area contributed by atoms with Gasteiger partial charge in [0, 0.05) is 57.7 Å². The minimum Gasteiger partial charge on any atom is -0.356 e. The summed E-state index contributed by atoms with van der Waals surface area (Å²) >= 11 is 0. The first kappa shape index (κ1) is 18.9. The molecule has 2 heterocycles. The highest BCUT2D eigenvalue weighted by atomic mass is 16.2. The smallest absolute Gasteiger partial charge is 0.227 e. The van der Waals surface area contributed by atoms with Crippen LogP contribution in [-0.2, 0) is 17.8 Å². The van der Waals surface area contributed by atoms with Crippen molar-refractivity contribution >= 4 is 17.6 Å². The zero-order chi connectivity index (χ0) is 18.9. The molecular formula is C20H28N6O. The molecule has 0 fully saturated rings. The first-order chi connectivity index (χ1) is 13.3. The molecule has 0 spiro atoms. The number of guanidine groups is 1. The first-order valence-corrected chi connectivity index (χ1v) is 9.58. The number of rotatable bonds is 8. The Morgan fingerprint density at radius 1 is 1.19 bits per heavy atom. The zero-order valence-corrected chi connectivity index (χ0v) is 15.9. The molecule has 7 heteroatoms. The lowest BCUT2D eigenvalue weighted by Gasteiger charge is -2.17. The van der Waals surface area contributed by atoms with Gasteiger partial charge in [0.2, 0.25) is 5.91 Å². The summed E-state index contributed by atoms with van der Waals surface area (Å²) < 4.78 is 1.92. The molecule has 0 atom stereocenters. The Bertz CT molecular complexity index is 756. The lowest BCUT2D eigenvalue weighted by atomic mass is 10.2. The van der Waals surface area contributed by atoms with Crippen LogP contribution in [0.25, 0.3) is 0 Å². The van der Waals surface area contributed by atoms with Gasteiger partial charge >= 0.3 is 0 Å². The number of carbonyl (C=O) groups is 1. The molecule has 3 rings (SSSR count). The van der Waals surface area contributed by atoms with E-state index >= 15 is 0 Å². The average Bonchev–Trinajstić information content (AvgIpc) is 3.36. The second kappa shape index (κ2) is 9.75. The topological polar surface area (TPSA) is 74.6 Å². The van der Waals surface area contributed by atoms with Crippen LogP contribution >= 0.6 is 0 Å². The van der Waals surface area contributed by atoms with Gasteiger partial charge in [-0.3, -0.25) is 14.5 Å². The van der Waals surface area contributed by atoms with Crippen molar-refractivity contribution in [2.75, 3.05) is 31.6 Å². The van der Waals surface area contributed by atoms with Gasteiger partial charge in [-0.1, -0.05) is 18.2 Å². The van der Waals surface area contributed by atoms with E-state index in [2.05, 4.69) is 26.8 Å². The molecule has 1 amide bonds. The Balaban J connectivity index is 1.31. The van der Waals surface area contributed by atoms with Crippen LogP contribution in [0.2, 0.25) is 0 Å². The molecule has 0 saturated heterocycles. The molecule has 27 heavy (non-hydrogen) atoms. The summed E-state index contributed by atoms with van der Waals surface area (Å²) in [4.78, 5) is 18.6. The molecule has 0 saturated carbocycles. The molecule has 2 aromatic rings. The molecular weight excluding hydrogens is 340 g/mol. The van der Waals surface area contributed by atoms with Crippen molar-refractivity contribution in [3.05, 3.63) is 48.3 Å². The number of hydrogen-bond donors (Lipinski definition) is 2. The minimum absolute atomic E-state index is 0.198. The molecule has 1 aromatic heterocycles. The first-order valence-electron chi connectivity index (χ1n) is 9.58. The van der Waals surface area contributed by atoms with Crippen LogP contribution in [-0.4, -0.2) is 48.3 Å². The number of nitrogens with zero attached hydrogens (tertiary/aromatic N) is 4. The fraction of sp³-hybridized carbons (Fsp3) is 0.450. The van der Waals surface area contributed by atoms with Crippen molar-refractivity contribution in [3.63, 3.8) is 0 Å². The Morgan fingerprint density at radius 2 is 2.00 bits per heavy atom. The van der Waals surface area contributed by atoms with E-state index in [1.165, 1.54) is 5.56 Å². The Kier molecular flexibility index (Phi) is 6.84. The average molecular weight is 368 g/mol. The largest absolute Gasteiger partial charge is 0.356 e. The maximum Gasteiger partial charge on any atom is 0.227 e. The third-order valence-corrected chi connectivity index (χ3v) is 4.69. The van der Waals surface area contributed by atoms with Crippen LogP contribution in [0.15, 0.2) is 47.7 Å². The predicted octanol–water partition coefficient (Wildman–Crippen LogP) is 1.81. The van der Waals surface area contributed by atoms with E-state index in [9.17, 15) is 4.79 Å². The third-order valence-electron chi connectivity index (χ3n) is 4.69. The number of fused-ring (bicyclic) bond motifs is 1. The van der Waals surface area contributed by atoms with Gasteiger partial charge in [-0.2, -0.15) is 5.10 Å². The molecule has 144 valence electrons. The van der Waals surface area contributed by atoms with Gasteiger partial charge in [0.25, 0.3) is 0 Å².